The Morgan fingerprint density at radius 2 is 1.57 bits per heavy atom. The Morgan fingerprint density at radius 1 is 0.952 bits per heavy atom. The van der Waals surface area contributed by atoms with Gasteiger partial charge < -0.3 is 4.74 Å². The number of ether oxygens (including phenoxy) is 1. The molecule has 1 unspecified atom stereocenters. The van der Waals surface area contributed by atoms with E-state index in [-0.39, 0.29) is 12.1 Å². The van der Waals surface area contributed by atoms with Crippen LogP contribution < -0.4 is 0 Å². The van der Waals surface area contributed by atoms with E-state index in [1.54, 1.807) is 0 Å². The van der Waals surface area contributed by atoms with Gasteiger partial charge in [-0.2, -0.15) is 0 Å². The zero-order valence-electron chi connectivity index (χ0n) is 12.8. The summed E-state index contributed by atoms with van der Waals surface area (Å²) >= 11 is 2.31. The predicted octanol–water partition coefficient (Wildman–Crippen LogP) is 4.64. The van der Waals surface area contributed by atoms with Crippen molar-refractivity contribution in [2.24, 2.45) is 0 Å². The first kappa shape index (κ1) is 18.4. The lowest BCUT2D eigenvalue weighted by Crippen LogP contribution is -2.19. The molecule has 0 aromatic carbocycles. The van der Waals surface area contributed by atoms with Crippen molar-refractivity contribution in [1.82, 2.24) is 0 Å². The fraction of sp³-hybridized carbons (Fsp3) is 0.722. The van der Waals surface area contributed by atoms with Crippen molar-refractivity contribution in [3.05, 3.63) is 0 Å². The van der Waals surface area contributed by atoms with E-state index in [1.165, 1.54) is 12.8 Å². The van der Waals surface area contributed by atoms with Crippen molar-refractivity contribution in [3.63, 3.8) is 0 Å². The third kappa shape index (κ3) is 10.7. The number of rotatable bonds is 1. The summed E-state index contributed by atoms with van der Waals surface area (Å²) < 4.78 is 6.44. The van der Waals surface area contributed by atoms with Gasteiger partial charge in [-0.1, -0.05) is 53.7 Å². The second kappa shape index (κ2) is 13.0. The summed E-state index contributed by atoms with van der Waals surface area (Å²) in [4.78, 5) is 11.8. The molecule has 1 aliphatic rings. The van der Waals surface area contributed by atoms with Gasteiger partial charge >= 0.3 is 5.97 Å². The van der Waals surface area contributed by atoms with E-state index in [0.29, 0.717) is 6.42 Å². The van der Waals surface area contributed by atoms with Crippen molar-refractivity contribution >= 4 is 28.6 Å². The molecule has 0 spiro atoms. The molecule has 1 heterocycles. The minimum atomic E-state index is -0.0327. The molecule has 0 aromatic rings. The molecule has 0 saturated carbocycles. The highest BCUT2D eigenvalue weighted by atomic mass is 127. The molecule has 116 valence electrons. The molecule has 0 aliphatic carbocycles. The highest BCUT2D eigenvalue weighted by molar-refractivity contribution is 14.1. The van der Waals surface area contributed by atoms with Gasteiger partial charge in [-0.25, -0.2) is 0 Å². The summed E-state index contributed by atoms with van der Waals surface area (Å²) in [5.74, 6) is 12.0. The highest BCUT2D eigenvalue weighted by Gasteiger charge is 2.12. The molecule has 2 nitrogen and oxygen atoms in total. The minimum absolute atomic E-state index is 0.0327. The van der Waals surface area contributed by atoms with Gasteiger partial charge in [-0.15, -0.1) is 0 Å². The molecule has 0 saturated heterocycles. The minimum Gasteiger partial charge on any atom is -0.462 e. The first-order chi connectivity index (χ1) is 10.3. The van der Waals surface area contributed by atoms with E-state index < -0.39 is 0 Å². The van der Waals surface area contributed by atoms with Gasteiger partial charge in [0.2, 0.25) is 0 Å². The Morgan fingerprint density at radius 3 is 2.24 bits per heavy atom. The van der Waals surface area contributed by atoms with Crippen LogP contribution in [0.4, 0.5) is 0 Å². The van der Waals surface area contributed by atoms with Crippen LogP contribution in [0.15, 0.2) is 0 Å². The van der Waals surface area contributed by atoms with Crippen LogP contribution in [0, 0.1) is 23.7 Å². The molecule has 1 rings (SSSR count). The third-order valence-corrected chi connectivity index (χ3v) is 4.45. The molecule has 3 heteroatoms. The summed E-state index contributed by atoms with van der Waals surface area (Å²) in [5.41, 5.74) is 0. The van der Waals surface area contributed by atoms with Crippen LogP contribution in [0.1, 0.15) is 70.6 Å². The summed E-state index contributed by atoms with van der Waals surface area (Å²) in [6, 6.07) is 0. The molecule has 0 radical (unpaired) electrons. The number of carbonyl (C=O) groups excluding carboxylic acids is 1. The normalized spacial score (nSPS) is 22.5. The lowest BCUT2D eigenvalue weighted by molar-refractivity contribution is -0.148. The average molecular weight is 400 g/mol. The Hall–Kier alpha value is -0.680. The van der Waals surface area contributed by atoms with E-state index in [4.69, 9.17) is 4.74 Å². The van der Waals surface area contributed by atoms with E-state index in [9.17, 15) is 4.79 Å². The molecule has 0 N–H and O–H groups in total. The van der Waals surface area contributed by atoms with Crippen molar-refractivity contribution < 1.29 is 9.53 Å². The van der Waals surface area contributed by atoms with E-state index >= 15 is 0 Å². The monoisotopic (exact) mass is 400 g/mol. The number of carbonyl (C=O) groups is 1. The van der Waals surface area contributed by atoms with E-state index in [2.05, 4.69) is 46.3 Å². The standard InChI is InChI=1S/C18H25IO2/c19-16-17-14-12-10-8-6-4-2-1-3-5-7-9-11-13-15-18(20)21-17/h17H,4,6-16H2. The van der Waals surface area contributed by atoms with Gasteiger partial charge in [0.05, 0.1) is 0 Å². The Labute approximate surface area is 142 Å². The lowest BCUT2D eigenvalue weighted by atomic mass is 10.1. The molecule has 0 fully saturated rings. The van der Waals surface area contributed by atoms with Gasteiger partial charge in [-0.3, -0.25) is 4.79 Å². The first-order valence-electron chi connectivity index (χ1n) is 8.04. The van der Waals surface area contributed by atoms with Crippen LogP contribution in [0.2, 0.25) is 0 Å². The molecule has 1 aliphatic heterocycles. The lowest BCUT2D eigenvalue weighted by Gasteiger charge is -2.15. The van der Waals surface area contributed by atoms with Crippen LogP contribution >= 0.6 is 22.6 Å². The molecule has 0 amide bonds. The van der Waals surface area contributed by atoms with Gasteiger partial charge in [0.25, 0.3) is 0 Å². The Kier molecular flexibility index (Phi) is 11.4. The molecule has 21 heavy (non-hydrogen) atoms. The number of cyclic esters (lactones) is 1. The predicted molar refractivity (Wildman–Crippen MR) is 95.1 cm³/mol. The summed E-state index contributed by atoms with van der Waals surface area (Å²) in [6.07, 6.45) is 11.1. The zero-order valence-corrected chi connectivity index (χ0v) is 14.9. The maximum Gasteiger partial charge on any atom is 0.306 e. The smallest absolute Gasteiger partial charge is 0.306 e. The number of hydrogen-bond donors (Lipinski definition) is 0. The second-order valence-electron chi connectivity index (χ2n) is 5.38. The van der Waals surface area contributed by atoms with Crippen LogP contribution in [0.25, 0.3) is 0 Å². The average Bonchev–Trinajstić information content (AvgIpc) is 2.49. The molecule has 1 atom stereocenters. The summed E-state index contributed by atoms with van der Waals surface area (Å²) in [6.45, 7) is 0. The highest BCUT2D eigenvalue weighted by Crippen LogP contribution is 2.13. The van der Waals surface area contributed by atoms with Crippen molar-refractivity contribution in [1.29, 1.82) is 0 Å². The Bertz CT molecular complexity index is 408. The van der Waals surface area contributed by atoms with Gasteiger partial charge in [0.15, 0.2) is 0 Å². The summed E-state index contributed by atoms with van der Waals surface area (Å²) in [7, 11) is 0. The molecule has 0 bridgehead atoms. The van der Waals surface area contributed by atoms with Gasteiger partial charge in [-0.05, 0) is 43.9 Å². The maximum absolute atomic E-state index is 11.8. The maximum atomic E-state index is 11.8. The topological polar surface area (TPSA) is 26.3 Å². The molecular weight excluding hydrogens is 375 g/mol. The van der Waals surface area contributed by atoms with E-state index in [0.717, 1.165) is 55.8 Å². The fourth-order valence-corrected chi connectivity index (χ4v) is 2.84. The third-order valence-electron chi connectivity index (χ3n) is 3.47. The number of esters is 1. The molecule has 0 aromatic heterocycles. The van der Waals surface area contributed by atoms with E-state index in [1.807, 2.05) is 0 Å². The second-order valence-corrected chi connectivity index (χ2v) is 6.26. The van der Waals surface area contributed by atoms with Crippen LogP contribution in [-0.4, -0.2) is 16.5 Å². The van der Waals surface area contributed by atoms with Gasteiger partial charge in [0, 0.05) is 23.7 Å². The number of hydrogen-bond acceptors (Lipinski definition) is 2. The number of halogens is 1. The van der Waals surface area contributed by atoms with Gasteiger partial charge in [0.1, 0.15) is 6.10 Å². The fourth-order valence-electron chi connectivity index (χ4n) is 2.22. The Balaban J connectivity index is 2.40. The SMILES string of the molecule is O=C1CCCCCC#CC#CCCCCCCC(CI)O1. The van der Waals surface area contributed by atoms with Crippen LogP contribution in [0.3, 0.4) is 0 Å². The van der Waals surface area contributed by atoms with Crippen molar-refractivity contribution in [2.45, 2.75) is 76.7 Å². The summed E-state index contributed by atoms with van der Waals surface area (Å²) in [5, 5.41) is 0. The number of alkyl halides is 1. The van der Waals surface area contributed by atoms with Crippen LogP contribution in [0.5, 0.6) is 0 Å². The first-order valence-corrected chi connectivity index (χ1v) is 9.56. The zero-order chi connectivity index (χ0) is 15.2. The van der Waals surface area contributed by atoms with Crippen molar-refractivity contribution in [2.75, 3.05) is 4.43 Å². The molecular formula is C18H25IO2. The van der Waals surface area contributed by atoms with Crippen molar-refractivity contribution in [3.8, 4) is 23.7 Å². The largest absolute Gasteiger partial charge is 0.462 e. The quantitative estimate of drug-likeness (QED) is 0.277. The van der Waals surface area contributed by atoms with Crippen LogP contribution in [-0.2, 0) is 9.53 Å².